The van der Waals surface area contributed by atoms with E-state index in [9.17, 15) is 9.90 Å². The van der Waals surface area contributed by atoms with E-state index in [1.165, 1.54) is 0 Å². The van der Waals surface area contributed by atoms with Crippen LogP contribution in [-0.2, 0) is 6.42 Å². The number of fused-ring (bicyclic) bond motifs is 1. The van der Waals surface area contributed by atoms with Crippen LogP contribution in [0.2, 0.25) is 0 Å². The Kier molecular flexibility index (Phi) is 3.19. The lowest BCUT2D eigenvalue weighted by Crippen LogP contribution is -2.38. The number of ketones is 1. The second kappa shape index (κ2) is 4.88. The van der Waals surface area contributed by atoms with Gasteiger partial charge < -0.3 is 5.11 Å². The maximum Gasteiger partial charge on any atom is 0.171 e. The Bertz CT molecular complexity index is 633. The van der Waals surface area contributed by atoms with Gasteiger partial charge in [0.2, 0.25) is 0 Å². The van der Waals surface area contributed by atoms with Crippen LogP contribution in [0.4, 0.5) is 0 Å². The number of rotatable bonds is 2. The quantitative estimate of drug-likeness (QED) is 0.902. The van der Waals surface area contributed by atoms with E-state index in [4.69, 9.17) is 0 Å². The van der Waals surface area contributed by atoms with Gasteiger partial charge in [-0.1, -0.05) is 54.6 Å². The van der Waals surface area contributed by atoms with E-state index in [2.05, 4.69) is 0 Å². The zero-order valence-corrected chi connectivity index (χ0v) is 11.5. The molecule has 0 aliphatic heterocycles. The number of hydrogen-bond donors (Lipinski definition) is 1. The summed E-state index contributed by atoms with van der Waals surface area (Å²) in [5, 5.41) is 10.7. The molecule has 2 atom stereocenters. The molecule has 3 rings (SSSR count). The number of carbonyl (C=O) groups excluding carboxylic acids is 1. The molecule has 0 fully saturated rings. The van der Waals surface area contributed by atoms with Crippen LogP contribution in [0.5, 0.6) is 0 Å². The molecule has 0 spiro atoms. The molecule has 102 valence electrons. The van der Waals surface area contributed by atoms with Gasteiger partial charge in [-0.2, -0.15) is 0 Å². The minimum atomic E-state index is -0.760. The van der Waals surface area contributed by atoms with E-state index in [1.54, 1.807) is 0 Å². The summed E-state index contributed by atoms with van der Waals surface area (Å²) in [5.74, 6) is 0.0516. The van der Waals surface area contributed by atoms with Gasteiger partial charge in [0.15, 0.2) is 5.78 Å². The highest BCUT2D eigenvalue weighted by Crippen LogP contribution is 2.44. The highest BCUT2D eigenvalue weighted by Gasteiger charge is 2.44. The van der Waals surface area contributed by atoms with Crippen LogP contribution >= 0.6 is 0 Å². The van der Waals surface area contributed by atoms with E-state index in [-0.39, 0.29) is 5.78 Å². The van der Waals surface area contributed by atoms with Crippen molar-refractivity contribution in [3.63, 3.8) is 0 Å². The molecular formula is C18H18O2. The Balaban J connectivity index is 2.00. The van der Waals surface area contributed by atoms with Crippen molar-refractivity contribution in [3.8, 4) is 0 Å². The second-order valence-electron chi connectivity index (χ2n) is 5.72. The van der Waals surface area contributed by atoms with Gasteiger partial charge in [0.25, 0.3) is 0 Å². The molecule has 0 radical (unpaired) electrons. The Labute approximate surface area is 119 Å². The molecule has 20 heavy (non-hydrogen) atoms. The zero-order valence-electron chi connectivity index (χ0n) is 11.5. The summed E-state index contributed by atoms with van der Waals surface area (Å²) < 4.78 is 0. The summed E-state index contributed by atoms with van der Waals surface area (Å²) >= 11 is 0. The van der Waals surface area contributed by atoms with Crippen molar-refractivity contribution < 1.29 is 9.90 Å². The number of aliphatic hydroxyl groups is 1. The van der Waals surface area contributed by atoms with Crippen molar-refractivity contribution in [2.75, 3.05) is 0 Å². The average Bonchev–Trinajstić information content (AvgIpc) is 2.51. The lowest BCUT2D eigenvalue weighted by Gasteiger charge is -2.37. The van der Waals surface area contributed by atoms with E-state index < -0.39 is 11.5 Å². The van der Waals surface area contributed by atoms with Crippen molar-refractivity contribution in [3.05, 3.63) is 71.3 Å². The molecule has 0 saturated carbocycles. The SMILES string of the molecule is C[C@]1([C@H](O)c2ccccc2)CCc2ccccc2C1=O. The van der Waals surface area contributed by atoms with Crippen LogP contribution in [0.25, 0.3) is 0 Å². The van der Waals surface area contributed by atoms with Crippen LogP contribution in [0.3, 0.4) is 0 Å². The molecule has 2 aromatic rings. The van der Waals surface area contributed by atoms with Crippen LogP contribution < -0.4 is 0 Å². The fraction of sp³-hybridized carbons (Fsp3) is 0.278. The second-order valence-corrected chi connectivity index (χ2v) is 5.72. The van der Waals surface area contributed by atoms with Crippen molar-refractivity contribution in [1.82, 2.24) is 0 Å². The highest BCUT2D eigenvalue weighted by atomic mass is 16.3. The highest BCUT2D eigenvalue weighted by molar-refractivity contribution is 6.03. The first-order valence-corrected chi connectivity index (χ1v) is 6.98. The maximum atomic E-state index is 12.8. The van der Waals surface area contributed by atoms with Crippen LogP contribution in [0, 0.1) is 5.41 Å². The summed E-state index contributed by atoms with van der Waals surface area (Å²) in [4.78, 5) is 12.8. The Morgan fingerprint density at radius 3 is 2.45 bits per heavy atom. The molecule has 0 unspecified atom stereocenters. The third kappa shape index (κ3) is 1.97. The minimum absolute atomic E-state index is 0.0516. The van der Waals surface area contributed by atoms with Gasteiger partial charge in [0.05, 0.1) is 11.5 Å². The fourth-order valence-electron chi connectivity index (χ4n) is 3.04. The average molecular weight is 266 g/mol. The Hall–Kier alpha value is -1.93. The summed E-state index contributed by atoms with van der Waals surface area (Å²) in [6.07, 6.45) is 0.755. The number of benzene rings is 2. The van der Waals surface area contributed by atoms with Gasteiger partial charge in [0.1, 0.15) is 0 Å². The first-order chi connectivity index (χ1) is 9.63. The summed E-state index contributed by atoms with van der Waals surface area (Å²) in [7, 11) is 0. The third-order valence-electron chi connectivity index (χ3n) is 4.41. The van der Waals surface area contributed by atoms with Gasteiger partial charge >= 0.3 is 0 Å². The van der Waals surface area contributed by atoms with Crippen molar-refractivity contribution in [1.29, 1.82) is 0 Å². The molecule has 0 bridgehead atoms. The topological polar surface area (TPSA) is 37.3 Å². The van der Waals surface area contributed by atoms with E-state index in [0.717, 1.165) is 23.1 Å². The zero-order chi connectivity index (χ0) is 14.2. The fourth-order valence-corrected chi connectivity index (χ4v) is 3.04. The van der Waals surface area contributed by atoms with Gasteiger partial charge in [-0.25, -0.2) is 0 Å². The summed E-state index contributed by atoms with van der Waals surface area (Å²) in [5.41, 5.74) is 1.92. The predicted molar refractivity (Wildman–Crippen MR) is 78.6 cm³/mol. The van der Waals surface area contributed by atoms with Crippen LogP contribution in [0.15, 0.2) is 54.6 Å². The first kappa shape index (κ1) is 13.1. The Morgan fingerprint density at radius 1 is 1.05 bits per heavy atom. The largest absolute Gasteiger partial charge is 0.387 e. The molecule has 1 N–H and O–H groups in total. The van der Waals surface area contributed by atoms with Crippen molar-refractivity contribution in [2.24, 2.45) is 5.41 Å². The first-order valence-electron chi connectivity index (χ1n) is 6.98. The molecular weight excluding hydrogens is 248 g/mol. The van der Waals surface area contributed by atoms with E-state index in [1.807, 2.05) is 61.5 Å². The third-order valence-corrected chi connectivity index (χ3v) is 4.41. The monoisotopic (exact) mass is 266 g/mol. The smallest absolute Gasteiger partial charge is 0.171 e. The predicted octanol–water partition coefficient (Wildman–Crippen LogP) is 3.56. The van der Waals surface area contributed by atoms with Crippen molar-refractivity contribution >= 4 is 5.78 Å². The normalized spacial score (nSPS) is 23.2. The van der Waals surface area contributed by atoms with Gasteiger partial charge in [-0.05, 0) is 30.9 Å². The molecule has 0 saturated heterocycles. The van der Waals surface area contributed by atoms with Crippen molar-refractivity contribution in [2.45, 2.75) is 25.9 Å². The molecule has 0 heterocycles. The lowest BCUT2D eigenvalue weighted by molar-refractivity contribution is 0.0248. The summed E-state index contributed by atoms with van der Waals surface area (Å²) in [6, 6.07) is 17.2. The number of hydrogen-bond acceptors (Lipinski definition) is 2. The molecule has 2 heteroatoms. The number of aliphatic hydroxyl groups excluding tert-OH is 1. The Morgan fingerprint density at radius 2 is 1.70 bits per heavy atom. The van der Waals surface area contributed by atoms with Gasteiger partial charge in [-0.3, -0.25) is 4.79 Å². The standard InChI is InChI=1S/C18H18O2/c1-18(16(19)14-8-3-2-4-9-14)12-11-13-7-5-6-10-15(13)17(18)20/h2-10,16,19H,11-12H2,1H3/t16-,18-/m1/s1. The molecule has 0 aromatic heterocycles. The number of Topliss-reactive ketones (excluding diaryl/α,β-unsaturated/α-hetero) is 1. The van der Waals surface area contributed by atoms with E-state index in [0.29, 0.717) is 6.42 Å². The molecule has 0 amide bonds. The molecule has 1 aliphatic rings. The number of carbonyl (C=O) groups is 1. The van der Waals surface area contributed by atoms with Crippen LogP contribution in [0.1, 0.15) is 40.9 Å². The summed E-state index contributed by atoms with van der Waals surface area (Å²) in [6.45, 7) is 1.88. The molecule has 2 nitrogen and oxygen atoms in total. The molecule has 2 aromatic carbocycles. The number of aryl methyl sites for hydroxylation is 1. The van der Waals surface area contributed by atoms with Gasteiger partial charge in [0, 0.05) is 5.56 Å². The maximum absolute atomic E-state index is 12.8. The van der Waals surface area contributed by atoms with Gasteiger partial charge in [-0.15, -0.1) is 0 Å². The minimum Gasteiger partial charge on any atom is -0.387 e. The van der Waals surface area contributed by atoms with Crippen LogP contribution in [-0.4, -0.2) is 10.9 Å². The molecule has 1 aliphatic carbocycles. The van der Waals surface area contributed by atoms with E-state index >= 15 is 0 Å². The lowest BCUT2D eigenvalue weighted by atomic mass is 9.67.